The Bertz CT molecular complexity index is 399. The van der Waals surface area contributed by atoms with Gasteiger partial charge in [0.15, 0.2) is 0 Å². The van der Waals surface area contributed by atoms with Gasteiger partial charge in [0, 0.05) is 25.8 Å². The van der Waals surface area contributed by atoms with Gasteiger partial charge >= 0.3 is 0 Å². The molecule has 1 aliphatic heterocycles. The van der Waals surface area contributed by atoms with Crippen LogP contribution < -0.4 is 11.1 Å². The molecular formula is C16H28N4. The molecule has 112 valence electrons. The van der Waals surface area contributed by atoms with E-state index in [9.17, 15) is 0 Å². The van der Waals surface area contributed by atoms with Crippen LogP contribution in [0.4, 0.5) is 5.82 Å². The van der Waals surface area contributed by atoms with Crippen LogP contribution in [-0.4, -0.2) is 36.1 Å². The molecule has 1 aromatic rings. The highest BCUT2D eigenvalue weighted by molar-refractivity contribution is 5.41. The first-order valence-corrected chi connectivity index (χ1v) is 7.96. The molecule has 0 spiro atoms. The summed E-state index contributed by atoms with van der Waals surface area (Å²) in [5, 5.41) is 3.51. The minimum Gasteiger partial charge on any atom is -0.383 e. The second kappa shape index (κ2) is 8.22. The quantitative estimate of drug-likeness (QED) is 0.715. The van der Waals surface area contributed by atoms with Gasteiger partial charge < -0.3 is 16.0 Å². The van der Waals surface area contributed by atoms with Crippen LogP contribution in [0.25, 0.3) is 0 Å². The number of nitrogens with two attached hydrogens (primary N) is 1. The number of hydrogen-bond acceptors (Lipinski definition) is 4. The molecule has 0 amide bonds. The van der Waals surface area contributed by atoms with E-state index in [1.165, 1.54) is 49.9 Å². The zero-order valence-corrected chi connectivity index (χ0v) is 12.7. The summed E-state index contributed by atoms with van der Waals surface area (Å²) in [6, 6.07) is 2.21. The van der Waals surface area contributed by atoms with Crippen LogP contribution in [0.5, 0.6) is 0 Å². The lowest BCUT2D eigenvalue weighted by Crippen LogP contribution is -2.29. The van der Waals surface area contributed by atoms with Crippen molar-refractivity contribution in [3.05, 3.63) is 23.4 Å². The molecule has 1 saturated heterocycles. The summed E-state index contributed by atoms with van der Waals surface area (Å²) in [4.78, 5) is 6.84. The minimum absolute atomic E-state index is 0.694. The van der Waals surface area contributed by atoms with Gasteiger partial charge in [0.05, 0.1) is 0 Å². The molecule has 20 heavy (non-hydrogen) atoms. The van der Waals surface area contributed by atoms with Gasteiger partial charge in [0.25, 0.3) is 0 Å². The number of anilines is 1. The van der Waals surface area contributed by atoms with E-state index in [-0.39, 0.29) is 0 Å². The number of rotatable bonds is 8. The van der Waals surface area contributed by atoms with E-state index >= 15 is 0 Å². The second-order valence-electron chi connectivity index (χ2n) is 5.72. The van der Waals surface area contributed by atoms with Gasteiger partial charge in [-0.15, -0.1) is 0 Å². The molecule has 4 nitrogen and oxygen atoms in total. The Morgan fingerprint density at radius 1 is 1.35 bits per heavy atom. The molecule has 0 atom stereocenters. The van der Waals surface area contributed by atoms with E-state index < -0.39 is 0 Å². The van der Waals surface area contributed by atoms with E-state index in [4.69, 9.17) is 5.73 Å². The molecule has 1 fully saturated rings. The first kappa shape index (κ1) is 15.3. The van der Waals surface area contributed by atoms with Crippen LogP contribution in [0.2, 0.25) is 0 Å². The fourth-order valence-electron chi connectivity index (χ4n) is 2.71. The van der Waals surface area contributed by atoms with Crippen molar-refractivity contribution < 1.29 is 0 Å². The zero-order chi connectivity index (χ0) is 14.2. The van der Waals surface area contributed by atoms with Gasteiger partial charge in [-0.25, -0.2) is 4.98 Å². The van der Waals surface area contributed by atoms with Gasteiger partial charge in [-0.2, -0.15) is 0 Å². The molecular weight excluding hydrogens is 248 g/mol. The van der Waals surface area contributed by atoms with Crippen LogP contribution in [0.1, 0.15) is 43.7 Å². The summed E-state index contributed by atoms with van der Waals surface area (Å²) in [6.45, 7) is 7.84. The van der Waals surface area contributed by atoms with Crippen LogP contribution in [0.3, 0.4) is 0 Å². The molecule has 1 aliphatic rings. The van der Waals surface area contributed by atoms with Gasteiger partial charge in [0.1, 0.15) is 5.82 Å². The number of aryl methyl sites for hydroxylation is 1. The van der Waals surface area contributed by atoms with E-state index in [0.29, 0.717) is 5.82 Å². The standard InChI is InChI=1S/C16H28N4/c1-2-3-6-15-11-14(13-19-16(15)17)12-18-7-10-20-8-4-5-9-20/h11,13,18H,2-10,12H2,1H3,(H2,17,19). The number of unbranched alkanes of at least 4 members (excludes halogenated alkanes) is 1. The number of pyridine rings is 1. The van der Waals surface area contributed by atoms with E-state index in [0.717, 1.165) is 26.1 Å². The Morgan fingerprint density at radius 2 is 2.15 bits per heavy atom. The Kier molecular flexibility index (Phi) is 6.27. The zero-order valence-electron chi connectivity index (χ0n) is 12.7. The van der Waals surface area contributed by atoms with Crippen molar-refractivity contribution in [3.63, 3.8) is 0 Å². The maximum atomic E-state index is 5.93. The lowest BCUT2D eigenvalue weighted by molar-refractivity contribution is 0.335. The number of nitrogens with zero attached hydrogens (tertiary/aromatic N) is 2. The van der Waals surface area contributed by atoms with Gasteiger partial charge in [0.2, 0.25) is 0 Å². The SMILES string of the molecule is CCCCc1cc(CNCCN2CCCC2)cnc1N. The Labute approximate surface area is 122 Å². The van der Waals surface area contributed by atoms with Crippen molar-refractivity contribution in [2.24, 2.45) is 0 Å². The predicted molar refractivity (Wildman–Crippen MR) is 84.6 cm³/mol. The lowest BCUT2D eigenvalue weighted by atomic mass is 10.1. The predicted octanol–water partition coefficient (Wildman–Crippen LogP) is 2.19. The molecule has 2 heterocycles. The molecule has 3 N–H and O–H groups in total. The molecule has 0 unspecified atom stereocenters. The summed E-state index contributed by atoms with van der Waals surface area (Å²) in [7, 11) is 0. The van der Waals surface area contributed by atoms with Gasteiger partial charge in [-0.3, -0.25) is 0 Å². The lowest BCUT2D eigenvalue weighted by Gasteiger charge is -2.15. The van der Waals surface area contributed by atoms with Gasteiger partial charge in [-0.05, 0) is 56.0 Å². The highest BCUT2D eigenvalue weighted by Gasteiger charge is 2.10. The Hall–Kier alpha value is -1.13. The summed E-state index contributed by atoms with van der Waals surface area (Å²) in [6.07, 6.45) is 8.03. The summed E-state index contributed by atoms with van der Waals surface area (Å²) in [5.74, 6) is 0.694. The average molecular weight is 276 g/mol. The number of nitrogens with one attached hydrogen (secondary N) is 1. The fourth-order valence-corrected chi connectivity index (χ4v) is 2.71. The molecule has 4 heteroatoms. The molecule has 0 bridgehead atoms. The second-order valence-corrected chi connectivity index (χ2v) is 5.72. The van der Waals surface area contributed by atoms with Crippen LogP contribution in [0, 0.1) is 0 Å². The Morgan fingerprint density at radius 3 is 2.90 bits per heavy atom. The molecule has 0 aromatic carbocycles. The van der Waals surface area contributed by atoms with Crippen LogP contribution in [-0.2, 0) is 13.0 Å². The van der Waals surface area contributed by atoms with E-state index in [1.807, 2.05) is 6.20 Å². The van der Waals surface area contributed by atoms with Crippen molar-refractivity contribution in [2.75, 3.05) is 31.9 Å². The molecule has 0 saturated carbocycles. The monoisotopic (exact) mass is 276 g/mol. The number of likely N-dealkylation sites (tertiary alicyclic amines) is 1. The third-order valence-electron chi connectivity index (χ3n) is 3.99. The molecule has 1 aromatic heterocycles. The highest BCUT2D eigenvalue weighted by Crippen LogP contribution is 2.14. The molecule has 0 radical (unpaired) electrons. The first-order chi connectivity index (χ1) is 9.79. The van der Waals surface area contributed by atoms with Gasteiger partial charge in [-0.1, -0.05) is 13.3 Å². The third kappa shape index (κ3) is 4.76. The number of hydrogen-bond donors (Lipinski definition) is 2. The largest absolute Gasteiger partial charge is 0.383 e. The summed E-state index contributed by atoms with van der Waals surface area (Å²) < 4.78 is 0. The fraction of sp³-hybridized carbons (Fsp3) is 0.688. The molecule has 0 aliphatic carbocycles. The molecule has 2 rings (SSSR count). The Balaban J connectivity index is 1.74. The number of nitrogen functional groups attached to an aromatic ring is 1. The summed E-state index contributed by atoms with van der Waals surface area (Å²) in [5.41, 5.74) is 8.37. The smallest absolute Gasteiger partial charge is 0.126 e. The topological polar surface area (TPSA) is 54.2 Å². The van der Waals surface area contributed by atoms with E-state index in [1.54, 1.807) is 0 Å². The summed E-state index contributed by atoms with van der Waals surface area (Å²) >= 11 is 0. The maximum absolute atomic E-state index is 5.93. The van der Waals surface area contributed by atoms with E-state index in [2.05, 4.69) is 28.2 Å². The maximum Gasteiger partial charge on any atom is 0.126 e. The van der Waals surface area contributed by atoms with Crippen molar-refractivity contribution in [1.29, 1.82) is 0 Å². The van der Waals surface area contributed by atoms with Crippen molar-refractivity contribution in [3.8, 4) is 0 Å². The highest BCUT2D eigenvalue weighted by atomic mass is 15.1. The van der Waals surface area contributed by atoms with Crippen LogP contribution in [0.15, 0.2) is 12.3 Å². The van der Waals surface area contributed by atoms with Crippen LogP contribution >= 0.6 is 0 Å². The minimum atomic E-state index is 0.694. The van der Waals surface area contributed by atoms with Crippen molar-refractivity contribution in [2.45, 2.75) is 45.6 Å². The third-order valence-corrected chi connectivity index (χ3v) is 3.99. The van der Waals surface area contributed by atoms with Crippen molar-refractivity contribution >= 4 is 5.82 Å². The average Bonchev–Trinajstić information content (AvgIpc) is 2.97. The van der Waals surface area contributed by atoms with Crippen molar-refractivity contribution in [1.82, 2.24) is 15.2 Å². The normalized spacial score (nSPS) is 15.8. The first-order valence-electron chi connectivity index (χ1n) is 7.96. The number of aromatic nitrogens is 1.